The summed E-state index contributed by atoms with van der Waals surface area (Å²) in [6.45, 7) is 6.10. The monoisotopic (exact) mass is 156 g/mol. The first-order valence-corrected chi connectivity index (χ1v) is 4.57. The predicted octanol–water partition coefficient (Wildman–Crippen LogP) is 0.794. The van der Waals surface area contributed by atoms with Crippen molar-refractivity contribution in [2.75, 3.05) is 33.7 Å². The van der Waals surface area contributed by atoms with Gasteiger partial charge in [0.25, 0.3) is 0 Å². The fourth-order valence-electron chi connectivity index (χ4n) is 1.92. The first-order chi connectivity index (χ1) is 5.24. The third kappa shape index (κ3) is 2.46. The van der Waals surface area contributed by atoms with Gasteiger partial charge in [-0.15, -0.1) is 0 Å². The van der Waals surface area contributed by atoms with Crippen molar-refractivity contribution in [3.8, 4) is 0 Å². The van der Waals surface area contributed by atoms with Crippen LogP contribution in [0.25, 0.3) is 0 Å². The molecule has 1 heterocycles. The molecule has 0 aliphatic carbocycles. The van der Waals surface area contributed by atoms with Crippen LogP contribution in [-0.4, -0.2) is 38.6 Å². The number of hydrogen-bond acceptors (Lipinski definition) is 2. The second kappa shape index (κ2) is 4.07. The summed E-state index contributed by atoms with van der Waals surface area (Å²) in [5, 5.41) is 3.24. The first-order valence-electron chi connectivity index (χ1n) is 4.57. The number of nitrogens with zero attached hydrogens (tertiary/aromatic N) is 1. The molecule has 0 bridgehead atoms. The van der Waals surface area contributed by atoms with Gasteiger partial charge >= 0.3 is 0 Å². The van der Waals surface area contributed by atoms with Gasteiger partial charge in [0.05, 0.1) is 0 Å². The molecule has 1 N–H and O–H groups in total. The van der Waals surface area contributed by atoms with Crippen LogP contribution < -0.4 is 5.32 Å². The van der Waals surface area contributed by atoms with E-state index in [1.54, 1.807) is 0 Å². The van der Waals surface area contributed by atoms with Crippen LogP contribution in [0.1, 0.15) is 13.3 Å². The van der Waals surface area contributed by atoms with E-state index >= 15 is 0 Å². The standard InChI is InChI=1S/C9H20N2/c1-8(6-10-2)9-4-5-11(3)7-9/h8-10H,4-7H2,1-3H3. The molecule has 0 spiro atoms. The number of nitrogens with one attached hydrogen (secondary N) is 1. The maximum absolute atomic E-state index is 3.24. The zero-order chi connectivity index (χ0) is 8.27. The molecule has 1 aliphatic rings. The van der Waals surface area contributed by atoms with E-state index in [0.29, 0.717) is 0 Å². The van der Waals surface area contributed by atoms with Crippen LogP contribution in [-0.2, 0) is 0 Å². The Morgan fingerprint density at radius 3 is 2.82 bits per heavy atom. The Morgan fingerprint density at radius 2 is 2.36 bits per heavy atom. The molecule has 0 amide bonds. The molecule has 66 valence electrons. The quantitative estimate of drug-likeness (QED) is 0.650. The number of rotatable bonds is 3. The normalized spacial score (nSPS) is 29.2. The molecule has 1 aliphatic heterocycles. The Hall–Kier alpha value is -0.0800. The molecule has 2 atom stereocenters. The second-order valence-electron chi connectivity index (χ2n) is 3.85. The van der Waals surface area contributed by atoms with Crippen molar-refractivity contribution >= 4 is 0 Å². The maximum atomic E-state index is 3.24. The van der Waals surface area contributed by atoms with Gasteiger partial charge in [0.2, 0.25) is 0 Å². The van der Waals surface area contributed by atoms with Crippen molar-refractivity contribution in [2.24, 2.45) is 11.8 Å². The van der Waals surface area contributed by atoms with Crippen LogP contribution in [0.3, 0.4) is 0 Å². The summed E-state index contributed by atoms with van der Waals surface area (Å²) in [6.07, 6.45) is 1.39. The Bertz CT molecular complexity index is 114. The molecule has 0 radical (unpaired) electrons. The molecule has 1 rings (SSSR count). The fraction of sp³-hybridized carbons (Fsp3) is 1.00. The Balaban J connectivity index is 2.25. The van der Waals surface area contributed by atoms with Crippen molar-refractivity contribution in [3.05, 3.63) is 0 Å². The summed E-state index contributed by atoms with van der Waals surface area (Å²) in [6, 6.07) is 0. The van der Waals surface area contributed by atoms with Crippen LogP contribution in [0, 0.1) is 11.8 Å². The summed E-state index contributed by atoms with van der Waals surface area (Å²) in [5.74, 6) is 1.76. The average Bonchev–Trinajstić information content (AvgIpc) is 2.36. The smallest absolute Gasteiger partial charge is 0.00101 e. The molecule has 0 aromatic carbocycles. The summed E-state index contributed by atoms with van der Waals surface area (Å²) >= 11 is 0. The molecule has 1 fully saturated rings. The largest absolute Gasteiger partial charge is 0.319 e. The highest BCUT2D eigenvalue weighted by Crippen LogP contribution is 2.21. The molecule has 2 unspecified atom stereocenters. The van der Waals surface area contributed by atoms with Crippen molar-refractivity contribution in [2.45, 2.75) is 13.3 Å². The minimum Gasteiger partial charge on any atom is -0.319 e. The van der Waals surface area contributed by atoms with Crippen molar-refractivity contribution < 1.29 is 0 Å². The Kier molecular flexibility index (Phi) is 3.34. The maximum Gasteiger partial charge on any atom is 0.00101 e. The van der Waals surface area contributed by atoms with Crippen LogP contribution in [0.15, 0.2) is 0 Å². The third-order valence-electron chi connectivity index (χ3n) is 2.76. The fourth-order valence-corrected chi connectivity index (χ4v) is 1.92. The van der Waals surface area contributed by atoms with E-state index in [9.17, 15) is 0 Å². The number of likely N-dealkylation sites (tertiary alicyclic amines) is 1. The van der Waals surface area contributed by atoms with E-state index in [1.807, 2.05) is 7.05 Å². The third-order valence-corrected chi connectivity index (χ3v) is 2.76. The number of hydrogen-bond donors (Lipinski definition) is 1. The Morgan fingerprint density at radius 1 is 1.64 bits per heavy atom. The van der Waals surface area contributed by atoms with Gasteiger partial charge < -0.3 is 10.2 Å². The van der Waals surface area contributed by atoms with E-state index in [4.69, 9.17) is 0 Å². The lowest BCUT2D eigenvalue weighted by Crippen LogP contribution is -2.25. The van der Waals surface area contributed by atoms with Gasteiger partial charge in [-0.3, -0.25) is 0 Å². The SMILES string of the molecule is CNCC(C)C1CCN(C)C1. The van der Waals surface area contributed by atoms with Gasteiger partial charge in [0.15, 0.2) is 0 Å². The van der Waals surface area contributed by atoms with E-state index in [0.717, 1.165) is 11.8 Å². The van der Waals surface area contributed by atoms with Gasteiger partial charge in [0, 0.05) is 6.54 Å². The summed E-state index contributed by atoms with van der Waals surface area (Å²) in [5.41, 5.74) is 0. The van der Waals surface area contributed by atoms with Gasteiger partial charge in [-0.25, -0.2) is 0 Å². The van der Waals surface area contributed by atoms with Gasteiger partial charge in [-0.05, 0) is 45.4 Å². The molecule has 0 saturated carbocycles. The predicted molar refractivity (Wildman–Crippen MR) is 48.7 cm³/mol. The van der Waals surface area contributed by atoms with Crippen molar-refractivity contribution in [1.29, 1.82) is 0 Å². The molecule has 0 aromatic rings. The van der Waals surface area contributed by atoms with Gasteiger partial charge in [-0.2, -0.15) is 0 Å². The van der Waals surface area contributed by atoms with Crippen LogP contribution in [0.4, 0.5) is 0 Å². The lowest BCUT2D eigenvalue weighted by atomic mass is 9.93. The molecular weight excluding hydrogens is 136 g/mol. The van der Waals surface area contributed by atoms with E-state index in [1.165, 1.54) is 26.1 Å². The van der Waals surface area contributed by atoms with Crippen molar-refractivity contribution in [3.63, 3.8) is 0 Å². The minimum absolute atomic E-state index is 0.838. The summed E-state index contributed by atoms with van der Waals surface area (Å²) < 4.78 is 0. The highest BCUT2D eigenvalue weighted by molar-refractivity contribution is 4.77. The van der Waals surface area contributed by atoms with Gasteiger partial charge in [0.1, 0.15) is 0 Å². The molecule has 11 heavy (non-hydrogen) atoms. The van der Waals surface area contributed by atoms with Gasteiger partial charge in [-0.1, -0.05) is 6.92 Å². The summed E-state index contributed by atoms with van der Waals surface area (Å²) in [7, 11) is 4.25. The van der Waals surface area contributed by atoms with Crippen LogP contribution >= 0.6 is 0 Å². The lowest BCUT2D eigenvalue weighted by molar-refractivity contribution is 0.331. The molecule has 2 nitrogen and oxygen atoms in total. The second-order valence-corrected chi connectivity index (χ2v) is 3.85. The van der Waals surface area contributed by atoms with Crippen LogP contribution in [0.2, 0.25) is 0 Å². The Labute approximate surface area is 70.0 Å². The molecule has 0 aromatic heterocycles. The minimum atomic E-state index is 0.838. The van der Waals surface area contributed by atoms with E-state index in [2.05, 4.69) is 24.2 Å². The van der Waals surface area contributed by atoms with Crippen molar-refractivity contribution in [1.82, 2.24) is 10.2 Å². The zero-order valence-electron chi connectivity index (χ0n) is 7.93. The highest BCUT2D eigenvalue weighted by Gasteiger charge is 2.23. The van der Waals surface area contributed by atoms with E-state index < -0.39 is 0 Å². The topological polar surface area (TPSA) is 15.3 Å². The highest BCUT2D eigenvalue weighted by atomic mass is 15.1. The lowest BCUT2D eigenvalue weighted by Gasteiger charge is -2.18. The average molecular weight is 156 g/mol. The molecular formula is C9H20N2. The molecule has 2 heteroatoms. The first kappa shape index (κ1) is 9.01. The summed E-state index contributed by atoms with van der Waals surface area (Å²) in [4.78, 5) is 2.43. The van der Waals surface area contributed by atoms with Crippen LogP contribution in [0.5, 0.6) is 0 Å². The zero-order valence-corrected chi connectivity index (χ0v) is 7.93. The van der Waals surface area contributed by atoms with E-state index in [-0.39, 0.29) is 0 Å². The molecule has 1 saturated heterocycles.